The molecule has 0 saturated heterocycles. The van der Waals surface area contributed by atoms with E-state index in [1.165, 1.54) is 20.0 Å². The Labute approximate surface area is 124 Å². The van der Waals surface area contributed by atoms with Crippen molar-refractivity contribution in [2.24, 2.45) is 5.92 Å². The fourth-order valence-corrected chi connectivity index (χ4v) is 2.15. The van der Waals surface area contributed by atoms with Crippen molar-refractivity contribution in [2.45, 2.75) is 32.7 Å². The van der Waals surface area contributed by atoms with Crippen LogP contribution in [0.2, 0.25) is 0 Å². The van der Waals surface area contributed by atoms with Crippen LogP contribution in [0.15, 0.2) is 18.2 Å². The van der Waals surface area contributed by atoms with Crippen LogP contribution in [0.4, 0.5) is 0 Å². The maximum atomic E-state index is 11.8. The van der Waals surface area contributed by atoms with E-state index < -0.39 is 5.97 Å². The number of rotatable bonds is 6. The van der Waals surface area contributed by atoms with Crippen molar-refractivity contribution in [3.8, 4) is 5.75 Å². The summed E-state index contributed by atoms with van der Waals surface area (Å²) >= 11 is 0. The third-order valence-electron chi connectivity index (χ3n) is 3.69. The van der Waals surface area contributed by atoms with Gasteiger partial charge in [-0.2, -0.15) is 0 Å². The van der Waals surface area contributed by atoms with Gasteiger partial charge in [-0.3, -0.25) is 4.79 Å². The highest BCUT2D eigenvalue weighted by Gasteiger charge is 2.28. The molecule has 1 aromatic rings. The summed E-state index contributed by atoms with van der Waals surface area (Å²) in [5.41, 5.74) is 1.27. The number of hydrogen-bond acceptors (Lipinski definition) is 4. The summed E-state index contributed by atoms with van der Waals surface area (Å²) in [6, 6.07) is 5.23. The summed E-state index contributed by atoms with van der Waals surface area (Å²) in [6.07, 6.45) is 2.37. The quantitative estimate of drug-likeness (QED) is 0.815. The van der Waals surface area contributed by atoms with Crippen molar-refractivity contribution in [1.82, 2.24) is 5.32 Å². The van der Waals surface area contributed by atoms with Gasteiger partial charge in [-0.25, -0.2) is 4.79 Å². The van der Waals surface area contributed by atoms with Gasteiger partial charge in [0.15, 0.2) is 6.61 Å². The molecule has 0 spiro atoms. The summed E-state index contributed by atoms with van der Waals surface area (Å²) in [4.78, 5) is 23.3. The lowest BCUT2D eigenvalue weighted by molar-refractivity contribution is -0.123. The fourth-order valence-electron chi connectivity index (χ4n) is 2.15. The second-order valence-electron chi connectivity index (χ2n) is 5.45. The summed E-state index contributed by atoms with van der Waals surface area (Å²) in [7, 11) is 1.33. The predicted octanol–water partition coefficient (Wildman–Crippen LogP) is 2.08. The van der Waals surface area contributed by atoms with Crippen LogP contribution < -0.4 is 10.1 Å². The molecular weight excluding hydrogens is 270 g/mol. The molecule has 0 aliphatic heterocycles. The zero-order valence-corrected chi connectivity index (χ0v) is 12.6. The average Bonchev–Trinajstić information content (AvgIpc) is 3.30. The van der Waals surface area contributed by atoms with E-state index in [2.05, 4.69) is 10.1 Å². The van der Waals surface area contributed by atoms with Gasteiger partial charge in [-0.05, 0) is 50.3 Å². The molecule has 1 unspecified atom stereocenters. The highest BCUT2D eigenvalue weighted by atomic mass is 16.5. The number of amides is 1. The topological polar surface area (TPSA) is 64.6 Å². The van der Waals surface area contributed by atoms with Crippen molar-refractivity contribution < 1.29 is 19.1 Å². The minimum Gasteiger partial charge on any atom is -0.483 e. The number of aryl methyl sites for hydroxylation is 1. The Bertz CT molecular complexity index is 537. The lowest BCUT2D eigenvalue weighted by Gasteiger charge is -2.14. The average molecular weight is 291 g/mol. The van der Waals surface area contributed by atoms with Gasteiger partial charge in [-0.15, -0.1) is 0 Å². The minimum absolute atomic E-state index is 0.0530. The molecule has 1 atom stereocenters. The third kappa shape index (κ3) is 4.21. The molecule has 0 bridgehead atoms. The van der Waals surface area contributed by atoms with E-state index in [0.717, 1.165) is 5.56 Å². The number of benzene rings is 1. The predicted molar refractivity (Wildman–Crippen MR) is 78.3 cm³/mol. The van der Waals surface area contributed by atoms with Gasteiger partial charge in [0.25, 0.3) is 5.91 Å². The summed E-state index contributed by atoms with van der Waals surface area (Å²) in [5.74, 6) is 0.564. The minimum atomic E-state index is -0.424. The molecule has 1 saturated carbocycles. The molecule has 0 heterocycles. The third-order valence-corrected chi connectivity index (χ3v) is 3.69. The van der Waals surface area contributed by atoms with E-state index in [0.29, 0.717) is 17.2 Å². The van der Waals surface area contributed by atoms with Crippen LogP contribution in [0.25, 0.3) is 0 Å². The van der Waals surface area contributed by atoms with Gasteiger partial charge >= 0.3 is 5.97 Å². The second kappa shape index (κ2) is 6.61. The standard InChI is InChI=1S/C16H21NO4/c1-10-4-5-13(16(19)20-3)8-14(10)21-9-15(18)17-11(2)12-6-7-12/h4-5,8,11-12H,6-7,9H2,1-3H3,(H,17,18). The first-order valence-electron chi connectivity index (χ1n) is 7.12. The van der Waals surface area contributed by atoms with Gasteiger partial charge in [0.1, 0.15) is 5.75 Å². The van der Waals surface area contributed by atoms with Gasteiger partial charge in [-0.1, -0.05) is 6.07 Å². The zero-order valence-electron chi connectivity index (χ0n) is 12.6. The first-order chi connectivity index (χ1) is 10.0. The largest absolute Gasteiger partial charge is 0.483 e. The molecule has 21 heavy (non-hydrogen) atoms. The fraction of sp³-hybridized carbons (Fsp3) is 0.500. The molecule has 1 amide bonds. The first-order valence-corrected chi connectivity index (χ1v) is 7.12. The highest BCUT2D eigenvalue weighted by molar-refractivity contribution is 5.90. The van der Waals surface area contributed by atoms with E-state index in [1.54, 1.807) is 18.2 Å². The number of esters is 1. The summed E-state index contributed by atoms with van der Waals surface area (Å²) < 4.78 is 10.2. The maximum Gasteiger partial charge on any atom is 0.337 e. The lowest BCUT2D eigenvalue weighted by Crippen LogP contribution is -2.37. The zero-order chi connectivity index (χ0) is 15.4. The monoisotopic (exact) mass is 291 g/mol. The number of methoxy groups -OCH3 is 1. The van der Waals surface area contributed by atoms with Crippen molar-refractivity contribution >= 4 is 11.9 Å². The Kier molecular flexibility index (Phi) is 4.83. The molecule has 1 N–H and O–H groups in total. The van der Waals surface area contributed by atoms with Crippen LogP contribution in [-0.2, 0) is 9.53 Å². The molecule has 1 fully saturated rings. The van der Waals surface area contributed by atoms with E-state index in [1.807, 2.05) is 13.8 Å². The Morgan fingerprint density at radius 1 is 1.38 bits per heavy atom. The van der Waals surface area contributed by atoms with Gasteiger partial charge < -0.3 is 14.8 Å². The van der Waals surface area contributed by atoms with Crippen LogP contribution in [0.1, 0.15) is 35.7 Å². The Morgan fingerprint density at radius 2 is 2.10 bits per heavy atom. The number of nitrogens with one attached hydrogen (secondary N) is 1. The summed E-state index contributed by atoms with van der Waals surface area (Å²) in [5, 5.41) is 2.92. The number of hydrogen-bond donors (Lipinski definition) is 1. The molecule has 5 nitrogen and oxygen atoms in total. The molecule has 1 aliphatic carbocycles. The van der Waals surface area contributed by atoms with Crippen molar-refractivity contribution in [3.05, 3.63) is 29.3 Å². The molecule has 2 rings (SSSR count). The van der Waals surface area contributed by atoms with Crippen LogP contribution in [0, 0.1) is 12.8 Å². The van der Waals surface area contributed by atoms with Crippen LogP contribution in [0.3, 0.4) is 0 Å². The number of ether oxygens (including phenoxy) is 2. The molecule has 1 aliphatic rings. The molecule has 5 heteroatoms. The maximum absolute atomic E-state index is 11.8. The first kappa shape index (κ1) is 15.4. The Hall–Kier alpha value is -2.04. The smallest absolute Gasteiger partial charge is 0.337 e. The second-order valence-corrected chi connectivity index (χ2v) is 5.45. The van der Waals surface area contributed by atoms with Crippen molar-refractivity contribution in [1.29, 1.82) is 0 Å². The van der Waals surface area contributed by atoms with E-state index in [-0.39, 0.29) is 18.6 Å². The van der Waals surface area contributed by atoms with Crippen LogP contribution in [-0.4, -0.2) is 31.6 Å². The molecule has 114 valence electrons. The molecule has 1 aromatic carbocycles. The van der Waals surface area contributed by atoms with Crippen molar-refractivity contribution in [2.75, 3.05) is 13.7 Å². The van der Waals surface area contributed by atoms with Gasteiger partial charge in [0.2, 0.25) is 0 Å². The Balaban J connectivity index is 1.92. The SMILES string of the molecule is COC(=O)c1ccc(C)c(OCC(=O)NC(C)C2CC2)c1. The van der Waals surface area contributed by atoms with Gasteiger partial charge in [0, 0.05) is 6.04 Å². The molecule has 0 radical (unpaired) electrons. The normalized spacial score (nSPS) is 15.2. The molecule has 0 aromatic heterocycles. The van der Waals surface area contributed by atoms with Gasteiger partial charge in [0.05, 0.1) is 12.7 Å². The van der Waals surface area contributed by atoms with Crippen LogP contribution >= 0.6 is 0 Å². The van der Waals surface area contributed by atoms with Crippen molar-refractivity contribution in [3.63, 3.8) is 0 Å². The molecular formula is C16H21NO4. The van der Waals surface area contributed by atoms with E-state index in [4.69, 9.17) is 4.74 Å². The highest BCUT2D eigenvalue weighted by Crippen LogP contribution is 2.32. The Morgan fingerprint density at radius 3 is 2.71 bits per heavy atom. The van der Waals surface area contributed by atoms with E-state index >= 15 is 0 Å². The summed E-state index contributed by atoms with van der Waals surface area (Å²) in [6.45, 7) is 3.82. The number of carbonyl (C=O) groups is 2. The van der Waals surface area contributed by atoms with E-state index in [9.17, 15) is 9.59 Å². The van der Waals surface area contributed by atoms with Crippen LogP contribution in [0.5, 0.6) is 5.75 Å². The number of carbonyl (C=O) groups excluding carboxylic acids is 2. The lowest BCUT2D eigenvalue weighted by atomic mass is 10.1.